The van der Waals surface area contributed by atoms with E-state index in [0.29, 0.717) is 19.0 Å². The van der Waals surface area contributed by atoms with Gasteiger partial charge in [0, 0.05) is 13.1 Å². The monoisotopic (exact) mass is 266 g/mol. The fraction of sp³-hybridized carbons (Fsp3) is 0.600. The van der Waals surface area contributed by atoms with Gasteiger partial charge in [-0.2, -0.15) is 0 Å². The molecule has 0 saturated heterocycles. The van der Waals surface area contributed by atoms with Gasteiger partial charge in [-0.25, -0.2) is 0 Å². The second kappa shape index (κ2) is 8.51. The SMILES string of the molecule is C=CC(=O)NCCC(C)(C)CC(C)CNC(=O)C=C. The molecule has 1 unspecified atom stereocenters. The van der Waals surface area contributed by atoms with Crippen LogP contribution in [0.5, 0.6) is 0 Å². The van der Waals surface area contributed by atoms with Gasteiger partial charge in [0.2, 0.25) is 11.8 Å². The van der Waals surface area contributed by atoms with Crippen LogP contribution < -0.4 is 10.6 Å². The Hall–Kier alpha value is -1.58. The van der Waals surface area contributed by atoms with E-state index in [9.17, 15) is 9.59 Å². The molecule has 0 aromatic carbocycles. The van der Waals surface area contributed by atoms with Crippen LogP contribution in [0.25, 0.3) is 0 Å². The van der Waals surface area contributed by atoms with Crippen molar-refractivity contribution >= 4 is 11.8 Å². The van der Waals surface area contributed by atoms with Crippen LogP contribution in [0.2, 0.25) is 0 Å². The summed E-state index contributed by atoms with van der Waals surface area (Å²) >= 11 is 0. The normalized spacial score (nSPS) is 12.4. The van der Waals surface area contributed by atoms with Crippen molar-refractivity contribution in [2.45, 2.75) is 33.6 Å². The highest BCUT2D eigenvalue weighted by molar-refractivity contribution is 5.87. The zero-order chi connectivity index (χ0) is 14.9. The molecule has 108 valence electrons. The van der Waals surface area contributed by atoms with Crippen molar-refractivity contribution in [3.05, 3.63) is 25.3 Å². The topological polar surface area (TPSA) is 58.2 Å². The Balaban J connectivity index is 3.99. The second-order valence-electron chi connectivity index (χ2n) is 5.67. The Morgan fingerprint density at radius 1 is 1.16 bits per heavy atom. The molecule has 2 amide bonds. The summed E-state index contributed by atoms with van der Waals surface area (Å²) in [6, 6.07) is 0. The second-order valence-corrected chi connectivity index (χ2v) is 5.67. The van der Waals surface area contributed by atoms with E-state index in [4.69, 9.17) is 0 Å². The highest BCUT2D eigenvalue weighted by atomic mass is 16.2. The molecule has 0 rings (SSSR count). The molecule has 0 aromatic heterocycles. The molecule has 2 N–H and O–H groups in total. The van der Waals surface area contributed by atoms with E-state index in [2.05, 4.69) is 44.6 Å². The molecule has 4 heteroatoms. The average Bonchev–Trinajstić information content (AvgIpc) is 2.34. The van der Waals surface area contributed by atoms with Gasteiger partial charge in [-0.3, -0.25) is 9.59 Å². The summed E-state index contributed by atoms with van der Waals surface area (Å²) in [5.74, 6) is 0.110. The van der Waals surface area contributed by atoms with Gasteiger partial charge < -0.3 is 10.6 Å². The largest absolute Gasteiger partial charge is 0.353 e. The van der Waals surface area contributed by atoms with Crippen LogP contribution >= 0.6 is 0 Å². The minimum absolute atomic E-state index is 0.118. The van der Waals surface area contributed by atoms with Crippen LogP contribution in [0, 0.1) is 11.3 Å². The number of nitrogens with one attached hydrogen (secondary N) is 2. The summed E-state index contributed by atoms with van der Waals surface area (Å²) < 4.78 is 0. The lowest BCUT2D eigenvalue weighted by Crippen LogP contribution is -2.31. The number of rotatable bonds is 9. The first-order chi connectivity index (χ1) is 8.80. The van der Waals surface area contributed by atoms with E-state index in [0.717, 1.165) is 12.8 Å². The van der Waals surface area contributed by atoms with Crippen molar-refractivity contribution in [1.82, 2.24) is 10.6 Å². The Morgan fingerprint density at radius 2 is 1.68 bits per heavy atom. The van der Waals surface area contributed by atoms with Crippen LogP contribution in [-0.2, 0) is 9.59 Å². The fourth-order valence-electron chi connectivity index (χ4n) is 2.06. The third-order valence-electron chi connectivity index (χ3n) is 3.00. The fourth-order valence-corrected chi connectivity index (χ4v) is 2.06. The molecule has 0 aliphatic rings. The molecular weight excluding hydrogens is 240 g/mol. The summed E-state index contributed by atoms with van der Waals surface area (Å²) in [6.45, 7) is 14.6. The molecule has 0 fully saturated rings. The molecule has 0 heterocycles. The van der Waals surface area contributed by atoms with Crippen molar-refractivity contribution in [3.8, 4) is 0 Å². The predicted octanol–water partition coefficient (Wildman–Crippen LogP) is 2.03. The van der Waals surface area contributed by atoms with E-state index in [1.54, 1.807) is 0 Å². The third-order valence-corrected chi connectivity index (χ3v) is 3.00. The number of carbonyl (C=O) groups is 2. The number of carbonyl (C=O) groups excluding carboxylic acids is 2. The minimum atomic E-state index is -0.137. The van der Waals surface area contributed by atoms with Gasteiger partial charge in [0.05, 0.1) is 0 Å². The van der Waals surface area contributed by atoms with Crippen LogP contribution in [0.3, 0.4) is 0 Å². The van der Waals surface area contributed by atoms with Crippen LogP contribution in [0.4, 0.5) is 0 Å². The van der Waals surface area contributed by atoms with Crippen molar-refractivity contribution in [1.29, 1.82) is 0 Å². The van der Waals surface area contributed by atoms with Crippen LogP contribution in [0.15, 0.2) is 25.3 Å². The molecule has 4 nitrogen and oxygen atoms in total. The molecular formula is C15H26N2O2. The zero-order valence-corrected chi connectivity index (χ0v) is 12.3. The minimum Gasteiger partial charge on any atom is -0.353 e. The lowest BCUT2D eigenvalue weighted by atomic mass is 9.80. The lowest BCUT2D eigenvalue weighted by Gasteiger charge is -2.28. The third kappa shape index (κ3) is 9.05. The first-order valence-electron chi connectivity index (χ1n) is 6.61. The average molecular weight is 266 g/mol. The van der Waals surface area contributed by atoms with E-state index in [-0.39, 0.29) is 17.2 Å². The highest BCUT2D eigenvalue weighted by Gasteiger charge is 2.21. The first-order valence-corrected chi connectivity index (χ1v) is 6.61. The lowest BCUT2D eigenvalue weighted by molar-refractivity contribution is -0.117. The van der Waals surface area contributed by atoms with Crippen molar-refractivity contribution in [2.24, 2.45) is 11.3 Å². The maximum absolute atomic E-state index is 11.1. The van der Waals surface area contributed by atoms with E-state index in [1.165, 1.54) is 12.2 Å². The number of amides is 2. The van der Waals surface area contributed by atoms with Gasteiger partial charge in [0.1, 0.15) is 0 Å². The first kappa shape index (κ1) is 17.4. The maximum Gasteiger partial charge on any atom is 0.243 e. The Labute approximate surface area is 116 Å². The van der Waals surface area contributed by atoms with Gasteiger partial charge in [-0.15, -0.1) is 0 Å². The summed E-state index contributed by atoms with van der Waals surface area (Å²) in [5, 5.41) is 5.58. The van der Waals surface area contributed by atoms with Crippen molar-refractivity contribution in [3.63, 3.8) is 0 Å². The van der Waals surface area contributed by atoms with Gasteiger partial charge in [-0.05, 0) is 36.3 Å². The molecule has 0 aliphatic carbocycles. The van der Waals surface area contributed by atoms with E-state index in [1.807, 2.05) is 0 Å². The molecule has 0 aliphatic heterocycles. The van der Waals surface area contributed by atoms with Gasteiger partial charge in [0.25, 0.3) is 0 Å². The Morgan fingerprint density at radius 3 is 2.21 bits per heavy atom. The van der Waals surface area contributed by atoms with Gasteiger partial charge in [0.15, 0.2) is 0 Å². The van der Waals surface area contributed by atoms with Crippen molar-refractivity contribution in [2.75, 3.05) is 13.1 Å². The van der Waals surface area contributed by atoms with Crippen LogP contribution in [-0.4, -0.2) is 24.9 Å². The standard InChI is InChI=1S/C15H26N2O2/c1-6-13(18)16-9-8-15(4,5)10-12(3)11-17-14(19)7-2/h6-7,12H,1-2,8-11H2,3-5H3,(H,16,18)(H,17,19). The van der Waals surface area contributed by atoms with E-state index < -0.39 is 0 Å². The summed E-state index contributed by atoms with van der Waals surface area (Å²) in [7, 11) is 0. The molecule has 1 atom stereocenters. The smallest absolute Gasteiger partial charge is 0.243 e. The van der Waals surface area contributed by atoms with Crippen LogP contribution in [0.1, 0.15) is 33.6 Å². The van der Waals surface area contributed by atoms with E-state index >= 15 is 0 Å². The summed E-state index contributed by atoms with van der Waals surface area (Å²) in [4.78, 5) is 22.1. The molecule has 19 heavy (non-hydrogen) atoms. The molecule has 0 aromatic rings. The molecule has 0 radical (unpaired) electrons. The number of hydrogen-bond acceptors (Lipinski definition) is 2. The zero-order valence-electron chi connectivity index (χ0n) is 12.3. The Kier molecular flexibility index (Phi) is 7.80. The highest BCUT2D eigenvalue weighted by Crippen LogP contribution is 2.28. The quantitative estimate of drug-likeness (QED) is 0.627. The number of hydrogen-bond donors (Lipinski definition) is 2. The Bertz CT molecular complexity index is 335. The summed E-state index contributed by atoms with van der Waals surface area (Å²) in [6.07, 6.45) is 4.43. The molecule has 0 spiro atoms. The maximum atomic E-state index is 11.1. The molecule has 0 saturated carbocycles. The summed E-state index contributed by atoms with van der Waals surface area (Å²) in [5.41, 5.74) is 0.118. The predicted molar refractivity (Wildman–Crippen MR) is 78.6 cm³/mol. The van der Waals surface area contributed by atoms with Gasteiger partial charge >= 0.3 is 0 Å². The molecule has 0 bridgehead atoms. The van der Waals surface area contributed by atoms with Crippen molar-refractivity contribution < 1.29 is 9.59 Å². The van der Waals surface area contributed by atoms with Gasteiger partial charge in [-0.1, -0.05) is 33.9 Å².